The molecule has 1 heterocycles. The van der Waals surface area contributed by atoms with E-state index < -0.39 is 0 Å². The molecule has 0 aliphatic heterocycles. The van der Waals surface area contributed by atoms with E-state index in [-0.39, 0.29) is 5.91 Å². The van der Waals surface area contributed by atoms with Crippen molar-refractivity contribution in [1.29, 1.82) is 0 Å². The third kappa shape index (κ3) is 3.84. The average Bonchev–Trinajstić information content (AvgIpc) is 2.85. The minimum Gasteiger partial charge on any atom is -0.491 e. The van der Waals surface area contributed by atoms with Gasteiger partial charge in [-0.25, -0.2) is 0 Å². The highest BCUT2D eigenvalue weighted by atomic mass is 79.9. The standard InChI is InChI=1S/C15H16BrNO2S/c1-3-6-19-13-7-10(2)4-5-12(13)17-15(18)11-8-14(16)20-9-11/h4-5,7-9H,3,6H2,1-2H3,(H,17,18). The summed E-state index contributed by atoms with van der Waals surface area (Å²) in [6, 6.07) is 7.58. The molecule has 0 spiro atoms. The molecule has 1 N–H and O–H groups in total. The number of hydrogen-bond donors (Lipinski definition) is 1. The molecule has 0 atom stereocenters. The van der Waals surface area contributed by atoms with Gasteiger partial charge < -0.3 is 10.1 Å². The van der Waals surface area contributed by atoms with Crippen LogP contribution in [0.4, 0.5) is 5.69 Å². The molecular formula is C15H16BrNO2S. The zero-order valence-corrected chi connectivity index (χ0v) is 13.8. The van der Waals surface area contributed by atoms with Crippen molar-refractivity contribution in [3.8, 4) is 5.75 Å². The van der Waals surface area contributed by atoms with E-state index in [0.29, 0.717) is 17.9 Å². The second-order valence-corrected chi connectivity index (χ2v) is 6.73. The predicted octanol–water partition coefficient (Wildman–Crippen LogP) is 4.86. The van der Waals surface area contributed by atoms with Gasteiger partial charge in [-0.2, -0.15) is 0 Å². The van der Waals surface area contributed by atoms with Crippen molar-refractivity contribution < 1.29 is 9.53 Å². The summed E-state index contributed by atoms with van der Waals surface area (Å²) in [5.41, 5.74) is 2.45. The van der Waals surface area contributed by atoms with Gasteiger partial charge in [0.1, 0.15) is 5.75 Å². The van der Waals surface area contributed by atoms with Gasteiger partial charge in [-0.3, -0.25) is 4.79 Å². The molecule has 106 valence electrons. The van der Waals surface area contributed by atoms with Crippen molar-refractivity contribution in [3.63, 3.8) is 0 Å². The summed E-state index contributed by atoms with van der Waals surface area (Å²) >= 11 is 4.85. The van der Waals surface area contributed by atoms with Crippen LogP contribution < -0.4 is 10.1 Å². The van der Waals surface area contributed by atoms with E-state index in [1.807, 2.05) is 30.5 Å². The number of nitrogens with one attached hydrogen (secondary N) is 1. The number of benzene rings is 1. The van der Waals surface area contributed by atoms with Gasteiger partial charge in [0.25, 0.3) is 5.91 Å². The van der Waals surface area contributed by atoms with Gasteiger partial charge in [-0.1, -0.05) is 13.0 Å². The molecule has 0 radical (unpaired) electrons. The fourth-order valence-electron chi connectivity index (χ4n) is 1.69. The van der Waals surface area contributed by atoms with Crippen LogP contribution >= 0.6 is 27.3 Å². The quantitative estimate of drug-likeness (QED) is 0.833. The zero-order valence-electron chi connectivity index (χ0n) is 11.4. The van der Waals surface area contributed by atoms with Crippen molar-refractivity contribution in [2.75, 3.05) is 11.9 Å². The maximum atomic E-state index is 12.2. The molecule has 2 rings (SSSR count). The molecule has 1 aromatic heterocycles. The monoisotopic (exact) mass is 353 g/mol. The summed E-state index contributed by atoms with van der Waals surface area (Å²) in [4.78, 5) is 12.2. The number of carbonyl (C=O) groups excluding carboxylic acids is 1. The smallest absolute Gasteiger partial charge is 0.256 e. The first kappa shape index (κ1) is 15.1. The van der Waals surface area contributed by atoms with Crippen molar-refractivity contribution in [2.45, 2.75) is 20.3 Å². The van der Waals surface area contributed by atoms with Crippen LogP contribution in [0.15, 0.2) is 33.4 Å². The van der Waals surface area contributed by atoms with Crippen LogP contribution in [0.25, 0.3) is 0 Å². The Morgan fingerprint density at radius 2 is 2.20 bits per heavy atom. The maximum absolute atomic E-state index is 12.2. The van der Waals surface area contributed by atoms with E-state index >= 15 is 0 Å². The van der Waals surface area contributed by atoms with Gasteiger partial charge in [-0.15, -0.1) is 11.3 Å². The van der Waals surface area contributed by atoms with Crippen LogP contribution in [0.2, 0.25) is 0 Å². The van der Waals surface area contributed by atoms with Gasteiger partial charge >= 0.3 is 0 Å². The van der Waals surface area contributed by atoms with Crippen molar-refractivity contribution >= 4 is 38.9 Å². The van der Waals surface area contributed by atoms with E-state index in [1.165, 1.54) is 11.3 Å². The fourth-order valence-corrected chi connectivity index (χ4v) is 2.82. The molecule has 0 aliphatic rings. The van der Waals surface area contributed by atoms with E-state index in [4.69, 9.17) is 4.74 Å². The lowest BCUT2D eigenvalue weighted by Gasteiger charge is -2.12. The number of halogens is 1. The molecule has 20 heavy (non-hydrogen) atoms. The molecule has 2 aromatic rings. The molecule has 1 amide bonds. The number of ether oxygens (including phenoxy) is 1. The van der Waals surface area contributed by atoms with Crippen molar-refractivity contribution in [3.05, 3.63) is 44.6 Å². The number of hydrogen-bond acceptors (Lipinski definition) is 3. The van der Waals surface area contributed by atoms with Gasteiger partial charge in [0.15, 0.2) is 0 Å². The van der Waals surface area contributed by atoms with E-state index in [2.05, 4.69) is 28.2 Å². The molecule has 0 aliphatic carbocycles. The first-order chi connectivity index (χ1) is 9.60. The van der Waals surface area contributed by atoms with Crippen molar-refractivity contribution in [2.24, 2.45) is 0 Å². The van der Waals surface area contributed by atoms with Gasteiger partial charge in [0, 0.05) is 5.38 Å². The topological polar surface area (TPSA) is 38.3 Å². The lowest BCUT2D eigenvalue weighted by Crippen LogP contribution is -2.12. The Morgan fingerprint density at radius 1 is 1.40 bits per heavy atom. The minimum absolute atomic E-state index is 0.128. The van der Waals surface area contributed by atoms with Crippen molar-refractivity contribution in [1.82, 2.24) is 0 Å². The van der Waals surface area contributed by atoms with Crippen LogP contribution in [0.5, 0.6) is 5.75 Å². The maximum Gasteiger partial charge on any atom is 0.256 e. The van der Waals surface area contributed by atoms with Crippen LogP contribution in [-0.4, -0.2) is 12.5 Å². The number of anilines is 1. The fraction of sp³-hybridized carbons (Fsp3) is 0.267. The Labute approximate surface area is 131 Å². The minimum atomic E-state index is -0.128. The van der Waals surface area contributed by atoms with Gasteiger partial charge in [0.2, 0.25) is 0 Å². The third-order valence-electron chi connectivity index (χ3n) is 2.68. The van der Waals surface area contributed by atoms with Gasteiger partial charge in [0.05, 0.1) is 21.6 Å². The van der Waals surface area contributed by atoms with Crippen LogP contribution in [0.3, 0.4) is 0 Å². The van der Waals surface area contributed by atoms with Crippen LogP contribution in [0.1, 0.15) is 29.3 Å². The van der Waals surface area contributed by atoms with Gasteiger partial charge in [-0.05, 0) is 53.0 Å². The molecule has 0 saturated heterocycles. The van der Waals surface area contributed by atoms with E-state index in [0.717, 1.165) is 21.5 Å². The number of carbonyl (C=O) groups is 1. The SMILES string of the molecule is CCCOc1cc(C)ccc1NC(=O)c1csc(Br)c1. The molecule has 0 unspecified atom stereocenters. The summed E-state index contributed by atoms with van der Waals surface area (Å²) in [6.07, 6.45) is 0.929. The highest BCUT2D eigenvalue weighted by molar-refractivity contribution is 9.11. The number of thiophene rings is 1. The molecule has 0 bridgehead atoms. The third-order valence-corrected chi connectivity index (χ3v) is 4.18. The molecule has 3 nitrogen and oxygen atoms in total. The normalized spacial score (nSPS) is 10.3. The predicted molar refractivity (Wildman–Crippen MR) is 86.9 cm³/mol. The summed E-state index contributed by atoms with van der Waals surface area (Å²) < 4.78 is 6.63. The largest absolute Gasteiger partial charge is 0.491 e. The Bertz CT molecular complexity index is 610. The molecule has 0 fully saturated rings. The molecule has 0 saturated carbocycles. The van der Waals surface area contributed by atoms with Crippen LogP contribution in [0, 0.1) is 6.92 Å². The zero-order chi connectivity index (χ0) is 14.5. The lowest BCUT2D eigenvalue weighted by molar-refractivity contribution is 0.102. The second kappa shape index (κ2) is 6.90. The first-order valence-electron chi connectivity index (χ1n) is 6.39. The molecule has 1 aromatic carbocycles. The number of amides is 1. The Hall–Kier alpha value is -1.33. The lowest BCUT2D eigenvalue weighted by atomic mass is 10.2. The van der Waals surface area contributed by atoms with E-state index in [1.54, 1.807) is 6.07 Å². The second-order valence-electron chi connectivity index (χ2n) is 4.44. The summed E-state index contributed by atoms with van der Waals surface area (Å²) in [5, 5.41) is 4.72. The Balaban J connectivity index is 2.17. The molecule has 5 heteroatoms. The average molecular weight is 354 g/mol. The van der Waals surface area contributed by atoms with E-state index in [9.17, 15) is 4.79 Å². The Kier molecular flexibility index (Phi) is 5.20. The highest BCUT2D eigenvalue weighted by Crippen LogP contribution is 2.27. The number of aryl methyl sites for hydroxylation is 1. The highest BCUT2D eigenvalue weighted by Gasteiger charge is 2.11. The summed E-state index contributed by atoms with van der Waals surface area (Å²) in [5.74, 6) is 0.589. The Morgan fingerprint density at radius 3 is 2.85 bits per heavy atom. The molecular weight excluding hydrogens is 338 g/mol. The summed E-state index contributed by atoms with van der Waals surface area (Å²) in [6.45, 7) is 4.69. The first-order valence-corrected chi connectivity index (χ1v) is 8.06. The number of rotatable bonds is 5. The summed E-state index contributed by atoms with van der Waals surface area (Å²) in [7, 11) is 0. The van der Waals surface area contributed by atoms with Crippen LogP contribution in [-0.2, 0) is 0 Å².